The van der Waals surface area contributed by atoms with E-state index in [-0.39, 0.29) is 0 Å². The van der Waals surface area contributed by atoms with E-state index in [9.17, 15) is 9.90 Å². The Kier molecular flexibility index (Phi) is 4.47. The summed E-state index contributed by atoms with van der Waals surface area (Å²) in [7, 11) is 0. The van der Waals surface area contributed by atoms with Crippen molar-refractivity contribution in [3.63, 3.8) is 0 Å². The number of carboxylic acid groups (broad SMARTS) is 1. The first kappa shape index (κ1) is 15.5. The highest BCUT2D eigenvalue weighted by Gasteiger charge is 2.45. The van der Waals surface area contributed by atoms with Crippen LogP contribution in [-0.2, 0) is 17.8 Å². The van der Waals surface area contributed by atoms with Gasteiger partial charge in [-0.3, -0.25) is 9.69 Å². The standard InChI is InChI=1S/C16H25N3O3/c1-10(2)7-14-17-15(22-18-14)9-19-12-6-4-3-5-11(12)8-13(19)16(20)21/h10-13H,3-9H2,1-2H3,(H,20,21)/t11-,12+,13-/m0/s1. The normalized spacial score (nSPS) is 29.0. The average Bonchev–Trinajstić information content (AvgIpc) is 3.04. The molecule has 1 N–H and O–H groups in total. The average molecular weight is 307 g/mol. The zero-order chi connectivity index (χ0) is 15.7. The van der Waals surface area contributed by atoms with Crippen LogP contribution in [0.25, 0.3) is 0 Å². The first-order valence-corrected chi connectivity index (χ1v) is 8.34. The monoisotopic (exact) mass is 307 g/mol. The lowest BCUT2D eigenvalue weighted by Crippen LogP contribution is -2.41. The van der Waals surface area contributed by atoms with Crippen molar-refractivity contribution in [2.45, 2.75) is 71.0 Å². The number of aromatic nitrogens is 2. The van der Waals surface area contributed by atoms with Gasteiger partial charge in [-0.25, -0.2) is 0 Å². The first-order chi connectivity index (χ1) is 10.5. The Labute approximate surface area is 130 Å². The van der Waals surface area contributed by atoms with Crippen LogP contribution < -0.4 is 0 Å². The van der Waals surface area contributed by atoms with E-state index in [0.29, 0.717) is 30.3 Å². The van der Waals surface area contributed by atoms with E-state index in [4.69, 9.17) is 4.52 Å². The van der Waals surface area contributed by atoms with E-state index in [1.165, 1.54) is 12.8 Å². The Morgan fingerprint density at radius 1 is 1.41 bits per heavy atom. The molecule has 1 aliphatic carbocycles. The summed E-state index contributed by atoms with van der Waals surface area (Å²) in [5.74, 6) is 1.53. The van der Waals surface area contributed by atoms with E-state index in [1.807, 2.05) is 0 Å². The summed E-state index contributed by atoms with van der Waals surface area (Å²) in [5.41, 5.74) is 0. The third-order valence-corrected chi connectivity index (χ3v) is 4.93. The third kappa shape index (κ3) is 3.16. The highest BCUT2D eigenvalue weighted by Crippen LogP contribution is 2.40. The predicted octanol–water partition coefficient (Wildman–Crippen LogP) is 2.49. The molecule has 22 heavy (non-hydrogen) atoms. The second-order valence-corrected chi connectivity index (χ2v) is 7.08. The van der Waals surface area contributed by atoms with Gasteiger partial charge in [0.1, 0.15) is 6.04 Å². The molecular formula is C16H25N3O3. The number of hydrogen-bond acceptors (Lipinski definition) is 5. The smallest absolute Gasteiger partial charge is 0.320 e. The van der Waals surface area contributed by atoms with Gasteiger partial charge in [-0.1, -0.05) is 31.8 Å². The maximum atomic E-state index is 11.6. The molecule has 0 radical (unpaired) electrons. The molecule has 0 unspecified atom stereocenters. The molecule has 2 heterocycles. The van der Waals surface area contributed by atoms with Crippen LogP contribution >= 0.6 is 0 Å². The minimum Gasteiger partial charge on any atom is -0.480 e. The highest BCUT2D eigenvalue weighted by atomic mass is 16.5. The molecule has 0 aromatic carbocycles. The van der Waals surface area contributed by atoms with E-state index in [0.717, 1.165) is 31.5 Å². The number of rotatable bonds is 5. The minimum absolute atomic E-state index is 0.357. The van der Waals surface area contributed by atoms with Gasteiger partial charge < -0.3 is 9.63 Å². The molecular weight excluding hydrogens is 282 g/mol. The summed E-state index contributed by atoms with van der Waals surface area (Å²) < 4.78 is 5.34. The van der Waals surface area contributed by atoms with E-state index >= 15 is 0 Å². The Balaban J connectivity index is 1.73. The number of hydrogen-bond donors (Lipinski definition) is 1. The van der Waals surface area contributed by atoms with E-state index < -0.39 is 12.0 Å². The van der Waals surface area contributed by atoms with Crippen LogP contribution in [0.1, 0.15) is 57.7 Å². The zero-order valence-electron chi connectivity index (χ0n) is 13.4. The Bertz CT molecular complexity index is 528. The molecule has 1 aliphatic heterocycles. The van der Waals surface area contributed by atoms with Crippen LogP contribution in [0.15, 0.2) is 4.52 Å². The molecule has 3 rings (SSSR count). The van der Waals surface area contributed by atoms with Gasteiger partial charge in [0.2, 0.25) is 5.89 Å². The summed E-state index contributed by atoms with van der Waals surface area (Å²) in [4.78, 5) is 18.1. The molecule has 1 aromatic heterocycles. The summed E-state index contributed by atoms with van der Waals surface area (Å²) >= 11 is 0. The fourth-order valence-corrected chi connectivity index (χ4v) is 3.98. The Hall–Kier alpha value is -1.43. The van der Waals surface area contributed by atoms with E-state index in [1.54, 1.807) is 0 Å². The summed E-state index contributed by atoms with van der Waals surface area (Å²) in [5, 5.41) is 13.5. The van der Waals surface area contributed by atoms with Gasteiger partial charge in [0, 0.05) is 12.5 Å². The quantitative estimate of drug-likeness (QED) is 0.900. The molecule has 3 atom stereocenters. The number of carboxylic acids is 1. The van der Waals surface area contributed by atoms with Gasteiger partial charge in [0.05, 0.1) is 6.54 Å². The second kappa shape index (κ2) is 6.36. The minimum atomic E-state index is -0.726. The van der Waals surface area contributed by atoms with Gasteiger partial charge in [-0.2, -0.15) is 4.98 Å². The van der Waals surface area contributed by atoms with Gasteiger partial charge >= 0.3 is 5.97 Å². The molecule has 0 spiro atoms. The zero-order valence-corrected chi connectivity index (χ0v) is 13.4. The van der Waals surface area contributed by atoms with Crippen LogP contribution in [0.4, 0.5) is 0 Å². The largest absolute Gasteiger partial charge is 0.480 e. The van der Waals surface area contributed by atoms with Crippen molar-refractivity contribution in [3.8, 4) is 0 Å². The molecule has 1 saturated carbocycles. The molecule has 2 aliphatic rings. The van der Waals surface area contributed by atoms with Crippen molar-refractivity contribution in [2.24, 2.45) is 11.8 Å². The molecule has 122 valence electrons. The van der Waals surface area contributed by atoms with E-state index in [2.05, 4.69) is 28.9 Å². The van der Waals surface area contributed by atoms with Crippen molar-refractivity contribution in [1.82, 2.24) is 15.0 Å². The first-order valence-electron chi connectivity index (χ1n) is 8.34. The lowest BCUT2D eigenvalue weighted by Gasteiger charge is -2.31. The van der Waals surface area contributed by atoms with Crippen molar-refractivity contribution < 1.29 is 14.4 Å². The fourth-order valence-electron chi connectivity index (χ4n) is 3.98. The number of carbonyl (C=O) groups is 1. The van der Waals surface area contributed by atoms with Gasteiger partial charge in [0.15, 0.2) is 5.82 Å². The van der Waals surface area contributed by atoms with Crippen LogP contribution in [0.5, 0.6) is 0 Å². The SMILES string of the molecule is CC(C)Cc1noc(CN2[C@@H]3CCCC[C@H]3C[C@H]2C(=O)O)n1. The maximum absolute atomic E-state index is 11.6. The van der Waals surface area contributed by atoms with Crippen molar-refractivity contribution in [1.29, 1.82) is 0 Å². The van der Waals surface area contributed by atoms with Gasteiger partial charge in [0.25, 0.3) is 0 Å². The van der Waals surface area contributed by atoms with Crippen LogP contribution in [0.2, 0.25) is 0 Å². The van der Waals surface area contributed by atoms with Crippen molar-refractivity contribution >= 4 is 5.97 Å². The predicted molar refractivity (Wildman–Crippen MR) is 80.2 cm³/mol. The van der Waals surface area contributed by atoms with Crippen LogP contribution in [0.3, 0.4) is 0 Å². The Morgan fingerprint density at radius 3 is 2.91 bits per heavy atom. The highest BCUT2D eigenvalue weighted by molar-refractivity contribution is 5.74. The van der Waals surface area contributed by atoms with Crippen LogP contribution in [0, 0.1) is 11.8 Å². The van der Waals surface area contributed by atoms with Crippen molar-refractivity contribution in [3.05, 3.63) is 11.7 Å². The van der Waals surface area contributed by atoms with Crippen molar-refractivity contribution in [2.75, 3.05) is 0 Å². The lowest BCUT2D eigenvalue weighted by molar-refractivity contribution is -0.143. The lowest BCUT2D eigenvalue weighted by atomic mass is 9.85. The van der Waals surface area contributed by atoms with Crippen LogP contribution in [-0.4, -0.2) is 38.2 Å². The summed E-state index contributed by atoms with van der Waals surface area (Å²) in [6, 6.07) is -0.0520. The topological polar surface area (TPSA) is 79.5 Å². The number of nitrogens with zero attached hydrogens (tertiary/aromatic N) is 3. The number of aliphatic carboxylic acids is 1. The van der Waals surface area contributed by atoms with Gasteiger partial charge in [-0.05, 0) is 31.1 Å². The number of likely N-dealkylation sites (tertiary alicyclic amines) is 1. The molecule has 2 fully saturated rings. The third-order valence-electron chi connectivity index (χ3n) is 4.93. The molecule has 0 bridgehead atoms. The summed E-state index contributed by atoms with van der Waals surface area (Å²) in [6.45, 7) is 4.69. The molecule has 6 heteroatoms. The molecule has 6 nitrogen and oxygen atoms in total. The van der Waals surface area contributed by atoms with Gasteiger partial charge in [-0.15, -0.1) is 0 Å². The molecule has 1 saturated heterocycles. The maximum Gasteiger partial charge on any atom is 0.320 e. The molecule has 0 amide bonds. The number of fused-ring (bicyclic) bond motifs is 1. The Morgan fingerprint density at radius 2 is 2.18 bits per heavy atom. The molecule has 1 aromatic rings. The summed E-state index contributed by atoms with van der Waals surface area (Å²) in [6.07, 6.45) is 6.19. The second-order valence-electron chi connectivity index (χ2n) is 7.08. The fraction of sp³-hybridized carbons (Fsp3) is 0.812.